The van der Waals surface area contributed by atoms with Gasteiger partial charge in [0.2, 0.25) is 0 Å². The number of aromatic nitrogens is 4. The van der Waals surface area contributed by atoms with Crippen molar-refractivity contribution < 1.29 is 0 Å². The first-order valence-electron chi connectivity index (χ1n) is 6.32. The molecule has 0 saturated carbocycles. The molecule has 0 bridgehead atoms. The average molecular weight is 255 g/mol. The van der Waals surface area contributed by atoms with Crippen molar-refractivity contribution in [3.8, 4) is 0 Å². The highest BCUT2D eigenvalue weighted by atomic mass is 15.3. The van der Waals surface area contributed by atoms with Gasteiger partial charge in [-0.3, -0.25) is 4.68 Å². The number of para-hydroxylation sites is 1. The summed E-state index contributed by atoms with van der Waals surface area (Å²) in [6, 6.07) is 8.25. The van der Waals surface area contributed by atoms with Gasteiger partial charge in [0.15, 0.2) is 0 Å². The van der Waals surface area contributed by atoms with E-state index >= 15 is 0 Å². The van der Waals surface area contributed by atoms with Crippen molar-refractivity contribution in [1.29, 1.82) is 0 Å². The fourth-order valence-electron chi connectivity index (χ4n) is 2.45. The first kappa shape index (κ1) is 11.9. The lowest BCUT2D eigenvalue weighted by Crippen LogP contribution is -2.10. The van der Waals surface area contributed by atoms with E-state index in [1.165, 1.54) is 5.39 Å². The summed E-state index contributed by atoms with van der Waals surface area (Å²) in [7, 11) is 1.97. The van der Waals surface area contributed by atoms with E-state index in [0.29, 0.717) is 13.1 Å². The molecule has 2 aromatic heterocycles. The number of imidazole rings is 1. The van der Waals surface area contributed by atoms with Crippen LogP contribution in [-0.2, 0) is 20.1 Å². The molecule has 0 spiro atoms. The van der Waals surface area contributed by atoms with Crippen LogP contribution in [0.4, 0.5) is 0 Å². The molecule has 0 aliphatic heterocycles. The predicted molar refractivity (Wildman–Crippen MR) is 74.7 cm³/mol. The summed E-state index contributed by atoms with van der Waals surface area (Å²) in [5.41, 5.74) is 8.98. The van der Waals surface area contributed by atoms with Crippen molar-refractivity contribution in [2.45, 2.75) is 20.0 Å². The Morgan fingerprint density at radius 2 is 2.05 bits per heavy atom. The summed E-state index contributed by atoms with van der Waals surface area (Å²) in [4.78, 5) is 4.32. The Bertz CT molecular complexity index is 723. The maximum Gasteiger partial charge on any atom is 0.106 e. The zero-order chi connectivity index (χ0) is 13.4. The Labute approximate surface area is 111 Å². The summed E-state index contributed by atoms with van der Waals surface area (Å²) >= 11 is 0. The second-order valence-corrected chi connectivity index (χ2v) is 4.67. The lowest BCUT2D eigenvalue weighted by molar-refractivity contribution is 0.677. The second kappa shape index (κ2) is 4.51. The quantitative estimate of drug-likeness (QED) is 0.773. The molecule has 0 saturated heterocycles. The lowest BCUT2D eigenvalue weighted by atomic mass is 10.2. The van der Waals surface area contributed by atoms with Gasteiger partial charge in [0.05, 0.1) is 23.4 Å². The van der Waals surface area contributed by atoms with Crippen LogP contribution in [-0.4, -0.2) is 19.3 Å². The predicted octanol–water partition coefficient (Wildman–Crippen LogP) is 1.59. The van der Waals surface area contributed by atoms with Crippen molar-refractivity contribution in [2.24, 2.45) is 12.8 Å². The lowest BCUT2D eigenvalue weighted by Gasteiger charge is -2.07. The third-order valence-corrected chi connectivity index (χ3v) is 3.49. The van der Waals surface area contributed by atoms with E-state index in [0.717, 1.165) is 22.7 Å². The van der Waals surface area contributed by atoms with Crippen LogP contribution in [0, 0.1) is 6.92 Å². The third-order valence-electron chi connectivity index (χ3n) is 3.49. The number of aryl methyl sites for hydroxylation is 2. The summed E-state index contributed by atoms with van der Waals surface area (Å²) in [5, 5.41) is 5.79. The van der Waals surface area contributed by atoms with Crippen molar-refractivity contribution in [3.63, 3.8) is 0 Å². The van der Waals surface area contributed by atoms with Gasteiger partial charge < -0.3 is 10.3 Å². The second-order valence-electron chi connectivity index (χ2n) is 4.67. The Balaban J connectivity index is 2.08. The molecule has 0 radical (unpaired) electrons. The van der Waals surface area contributed by atoms with Crippen molar-refractivity contribution in [2.75, 3.05) is 0 Å². The Morgan fingerprint density at radius 3 is 2.84 bits per heavy atom. The largest absolute Gasteiger partial charge is 0.325 e. The first-order chi connectivity index (χ1) is 9.20. The fraction of sp³-hybridized carbons (Fsp3) is 0.286. The molecule has 1 aromatic carbocycles. The van der Waals surface area contributed by atoms with Crippen LogP contribution < -0.4 is 5.73 Å². The SMILES string of the molecule is Cc1ncc(CN)n1Cc1nn(C)c2ccccc12. The highest BCUT2D eigenvalue weighted by Crippen LogP contribution is 2.19. The number of nitrogens with zero attached hydrogens (tertiary/aromatic N) is 4. The minimum atomic E-state index is 0.492. The topological polar surface area (TPSA) is 61.7 Å². The van der Waals surface area contributed by atoms with Crippen LogP contribution in [0.15, 0.2) is 30.5 Å². The molecule has 0 amide bonds. The van der Waals surface area contributed by atoms with Crippen LogP contribution in [0.5, 0.6) is 0 Å². The Hall–Kier alpha value is -2.14. The molecule has 0 aliphatic carbocycles. The molecule has 2 N–H and O–H groups in total. The monoisotopic (exact) mass is 255 g/mol. The number of hydrogen-bond donors (Lipinski definition) is 1. The molecule has 5 heteroatoms. The molecule has 5 nitrogen and oxygen atoms in total. The van der Waals surface area contributed by atoms with E-state index in [1.807, 2.05) is 37.0 Å². The minimum Gasteiger partial charge on any atom is -0.325 e. The molecular formula is C14H17N5. The Kier molecular flexibility index (Phi) is 2.83. The number of fused-ring (bicyclic) bond motifs is 1. The van der Waals surface area contributed by atoms with Crippen molar-refractivity contribution >= 4 is 10.9 Å². The van der Waals surface area contributed by atoms with Crippen molar-refractivity contribution in [3.05, 3.63) is 47.7 Å². The minimum absolute atomic E-state index is 0.492. The molecule has 98 valence electrons. The zero-order valence-electron chi connectivity index (χ0n) is 11.2. The van der Waals surface area contributed by atoms with E-state index < -0.39 is 0 Å². The van der Waals surface area contributed by atoms with Gasteiger partial charge in [0.1, 0.15) is 5.82 Å². The number of rotatable bonds is 3. The molecule has 0 atom stereocenters. The maximum absolute atomic E-state index is 5.75. The standard InChI is InChI=1S/C14H17N5/c1-10-16-8-11(7-15)19(10)9-13-12-5-3-4-6-14(12)18(2)17-13/h3-6,8H,7,9,15H2,1-2H3. The molecular weight excluding hydrogens is 238 g/mol. The van der Waals surface area contributed by atoms with Gasteiger partial charge in [-0.25, -0.2) is 4.98 Å². The summed E-state index contributed by atoms with van der Waals surface area (Å²) < 4.78 is 4.04. The number of hydrogen-bond acceptors (Lipinski definition) is 3. The molecule has 3 rings (SSSR count). The number of benzene rings is 1. The molecule has 3 aromatic rings. The van der Waals surface area contributed by atoms with E-state index in [2.05, 4.69) is 26.8 Å². The van der Waals surface area contributed by atoms with Crippen LogP contribution in [0.1, 0.15) is 17.2 Å². The average Bonchev–Trinajstić information content (AvgIpc) is 2.93. The summed E-state index contributed by atoms with van der Waals surface area (Å²) in [6.45, 7) is 3.19. The van der Waals surface area contributed by atoms with Crippen LogP contribution >= 0.6 is 0 Å². The van der Waals surface area contributed by atoms with Gasteiger partial charge in [0.25, 0.3) is 0 Å². The molecule has 19 heavy (non-hydrogen) atoms. The normalized spacial score (nSPS) is 11.3. The van der Waals surface area contributed by atoms with Crippen LogP contribution in [0.2, 0.25) is 0 Å². The smallest absolute Gasteiger partial charge is 0.106 e. The summed E-state index contributed by atoms with van der Waals surface area (Å²) in [6.07, 6.45) is 1.83. The zero-order valence-corrected chi connectivity index (χ0v) is 11.2. The van der Waals surface area contributed by atoms with Gasteiger partial charge in [-0.05, 0) is 13.0 Å². The van der Waals surface area contributed by atoms with Crippen LogP contribution in [0.3, 0.4) is 0 Å². The fourth-order valence-corrected chi connectivity index (χ4v) is 2.45. The molecule has 2 heterocycles. The highest BCUT2D eigenvalue weighted by Gasteiger charge is 2.11. The van der Waals surface area contributed by atoms with Gasteiger partial charge >= 0.3 is 0 Å². The highest BCUT2D eigenvalue weighted by molar-refractivity contribution is 5.81. The maximum atomic E-state index is 5.75. The Morgan fingerprint density at radius 1 is 1.26 bits per heavy atom. The van der Waals surface area contributed by atoms with Gasteiger partial charge in [-0.15, -0.1) is 0 Å². The first-order valence-corrected chi connectivity index (χ1v) is 6.32. The molecule has 0 aliphatic rings. The van der Waals surface area contributed by atoms with Gasteiger partial charge in [-0.1, -0.05) is 18.2 Å². The van der Waals surface area contributed by atoms with Crippen LogP contribution in [0.25, 0.3) is 10.9 Å². The molecule has 0 unspecified atom stereocenters. The summed E-state index contributed by atoms with van der Waals surface area (Å²) in [5.74, 6) is 0.968. The van der Waals surface area contributed by atoms with E-state index in [9.17, 15) is 0 Å². The van der Waals surface area contributed by atoms with E-state index in [1.54, 1.807) is 0 Å². The van der Waals surface area contributed by atoms with Gasteiger partial charge in [-0.2, -0.15) is 5.10 Å². The molecule has 0 fully saturated rings. The third kappa shape index (κ3) is 1.92. The van der Waals surface area contributed by atoms with Crippen molar-refractivity contribution in [1.82, 2.24) is 19.3 Å². The van der Waals surface area contributed by atoms with E-state index in [4.69, 9.17) is 5.73 Å². The van der Waals surface area contributed by atoms with Gasteiger partial charge in [0, 0.05) is 25.2 Å². The number of nitrogens with two attached hydrogens (primary N) is 1. The van der Waals surface area contributed by atoms with E-state index in [-0.39, 0.29) is 0 Å².